The van der Waals surface area contributed by atoms with Crippen LogP contribution in [0, 0.1) is 0 Å². The van der Waals surface area contributed by atoms with Crippen molar-refractivity contribution in [3.05, 3.63) is 28.7 Å². The number of thioether (sulfide) groups is 1. The summed E-state index contributed by atoms with van der Waals surface area (Å²) >= 11 is 4.96. The molecule has 0 unspecified atom stereocenters. The molecule has 96 valence electrons. The molecule has 0 spiro atoms. The fourth-order valence-corrected chi connectivity index (χ4v) is 2.98. The third-order valence-electron chi connectivity index (χ3n) is 2.50. The first-order chi connectivity index (χ1) is 8.65. The topological polar surface area (TPSA) is 58.2 Å². The van der Waals surface area contributed by atoms with E-state index >= 15 is 0 Å². The highest BCUT2D eigenvalue weighted by Gasteiger charge is 2.23. The van der Waals surface area contributed by atoms with Gasteiger partial charge in [-0.1, -0.05) is 22.0 Å². The molecule has 1 aliphatic rings. The van der Waals surface area contributed by atoms with E-state index in [0.29, 0.717) is 12.2 Å². The Morgan fingerprint density at radius 2 is 2.33 bits per heavy atom. The Kier molecular flexibility index (Phi) is 4.66. The molecule has 6 heteroatoms. The van der Waals surface area contributed by atoms with Gasteiger partial charge in [0.1, 0.15) is 6.04 Å². The number of amides is 2. The molecule has 1 aromatic rings. The summed E-state index contributed by atoms with van der Waals surface area (Å²) in [6, 6.07) is 6.92. The highest BCUT2D eigenvalue weighted by molar-refractivity contribution is 9.10. The Morgan fingerprint density at radius 3 is 3.11 bits per heavy atom. The molecule has 0 aromatic heterocycles. The lowest BCUT2D eigenvalue weighted by Crippen LogP contribution is -2.44. The summed E-state index contributed by atoms with van der Waals surface area (Å²) in [7, 11) is 0. The van der Waals surface area contributed by atoms with Gasteiger partial charge >= 0.3 is 0 Å². The van der Waals surface area contributed by atoms with Crippen LogP contribution in [0.5, 0.6) is 0 Å². The van der Waals surface area contributed by atoms with Gasteiger partial charge in [-0.2, -0.15) is 11.8 Å². The van der Waals surface area contributed by atoms with E-state index < -0.39 is 6.04 Å². The molecule has 0 radical (unpaired) electrons. The molecule has 0 bridgehead atoms. The number of halogens is 1. The van der Waals surface area contributed by atoms with E-state index in [2.05, 4.69) is 26.6 Å². The predicted molar refractivity (Wildman–Crippen MR) is 76.6 cm³/mol. The molecule has 0 aliphatic carbocycles. The second-order valence-electron chi connectivity index (χ2n) is 3.94. The average Bonchev–Trinajstić information content (AvgIpc) is 2.54. The van der Waals surface area contributed by atoms with Crippen LogP contribution in [-0.4, -0.2) is 29.4 Å². The third-order valence-corrected chi connectivity index (χ3v) is 4.06. The average molecular weight is 329 g/mol. The molecule has 0 saturated carbocycles. The lowest BCUT2D eigenvalue weighted by Gasteiger charge is -2.15. The molecule has 1 saturated heterocycles. The Labute approximate surface area is 118 Å². The second-order valence-corrected chi connectivity index (χ2v) is 6.01. The minimum Gasteiger partial charge on any atom is -0.343 e. The van der Waals surface area contributed by atoms with Crippen molar-refractivity contribution >= 4 is 45.2 Å². The summed E-state index contributed by atoms with van der Waals surface area (Å²) in [5.74, 6) is 1.16. The molecule has 1 atom stereocenters. The molecule has 2 N–H and O–H groups in total. The quantitative estimate of drug-likeness (QED) is 0.873. The van der Waals surface area contributed by atoms with Crippen molar-refractivity contribution in [2.45, 2.75) is 12.5 Å². The zero-order valence-electron chi connectivity index (χ0n) is 9.61. The lowest BCUT2D eigenvalue weighted by atomic mass is 10.2. The van der Waals surface area contributed by atoms with Crippen molar-refractivity contribution in [2.75, 3.05) is 16.8 Å². The van der Waals surface area contributed by atoms with Crippen LogP contribution in [0.2, 0.25) is 0 Å². The van der Waals surface area contributed by atoms with E-state index in [1.54, 1.807) is 11.8 Å². The van der Waals surface area contributed by atoms with E-state index in [4.69, 9.17) is 0 Å². The minimum absolute atomic E-state index is 0.0607. The van der Waals surface area contributed by atoms with E-state index in [9.17, 15) is 9.59 Å². The molecule has 1 heterocycles. The third kappa shape index (κ3) is 3.74. The fraction of sp³-hybridized carbons (Fsp3) is 0.333. The molecule has 2 amide bonds. The van der Waals surface area contributed by atoms with E-state index in [1.807, 2.05) is 24.3 Å². The highest BCUT2D eigenvalue weighted by atomic mass is 79.9. The molecule has 4 nitrogen and oxygen atoms in total. The van der Waals surface area contributed by atoms with Gasteiger partial charge in [0.15, 0.2) is 0 Å². The molecule has 1 aromatic carbocycles. The molecular formula is C12H13BrN2O2S. The number of rotatable bonds is 2. The van der Waals surface area contributed by atoms with Crippen molar-refractivity contribution in [1.82, 2.24) is 5.32 Å². The second kappa shape index (κ2) is 6.24. The smallest absolute Gasteiger partial charge is 0.247 e. The molecule has 1 fully saturated rings. The van der Waals surface area contributed by atoms with Gasteiger partial charge in [-0.05, 0) is 18.2 Å². The van der Waals surface area contributed by atoms with E-state index in [-0.39, 0.29) is 11.8 Å². The number of anilines is 1. The zero-order valence-corrected chi connectivity index (χ0v) is 12.0. The van der Waals surface area contributed by atoms with Crippen molar-refractivity contribution < 1.29 is 9.59 Å². The van der Waals surface area contributed by atoms with Gasteiger partial charge in [0.05, 0.1) is 0 Å². The predicted octanol–water partition coefficient (Wildman–Crippen LogP) is 2.01. The Hall–Kier alpha value is -1.01. The number of hydrogen-bond acceptors (Lipinski definition) is 3. The fourth-order valence-electron chi connectivity index (χ4n) is 1.61. The maximum absolute atomic E-state index is 12.0. The van der Waals surface area contributed by atoms with Crippen LogP contribution in [0.15, 0.2) is 28.7 Å². The van der Waals surface area contributed by atoms with Crippen molar-refractivity contribution in [2.24, 2.45) is 0 Å². The van der Waals surface area contributed by atoms with Gasteiger partial charge in [-0.25, -0.2) is 0 Å². The van der Waals surface area contributed by atoms with Crippen LogP contribution in [0.4, 0.5) is 5.69 Å². The van der Waals surface area contributed by atoms with Crippen LogP contribution in [0.1, 0.15) is 6.42 Å². The molecule has 18 heavy (non-hydrogen) atoms. The van der Waals surface area contributed by atoms with Crippen LogP contribution >= 0.6 is 27.7 Å². The first-order valence-corrected chi connectivity index (χ1v) is 7.53. The van der Waals surface area contributed by atoms with Crippen LogP contribution in [-0.2, 0) is 9.59 Å². The molecular weight excluding hydrogens is 316 g/mol. The standard InChI is InChI=1S/C12H13BrN2O2S/c13-8-2-1-3-9(6-8)14-12(17)10-7-18-5-4-11(16)15-10/h1-3,6,10H,4-5,7H2,(H,14,17)(H,15,16)/t10-/m0/s1. The van der Waals surface area contributed by atoms with Gasteiger partial charge in [-0.3, -0.25) is 9.59 Å². The first-order valence-electron chi connectivity index (χ1n) is 5.59. The zero-order chi connectivity index (χ0) is 13.0. The number of nitrogens with one attached hydrogen (secondary N) is 2. The maximum atomic E-state index is 12.0. The number of carbonyl (C=O) groups is 2. The van der Waals surface area contributed by atoms with Crippen molar-refractivity contribution in [1.29, 1.82) is 0 Å². The molecule has 2 rings (SSSR count). The number of hydrogen-bond donors (Lipinski definition) is 2. The van der Waals surface area contributed by atoms with Gasteiger partial charge in [0.2, 0.25) is 11.8 Å². The summed E-state index contributed by atoms with van der Waals surface area (Å²) in [6.45, 7) is 0. The summed E-state index contributed by atoms with van der Waals surface area (Å²) in [5.41, 5.74) is 0.720. The van der Waals surface area contributed by atoms with Crippen LogP contribution < -0.4 is 10.6 Å². The minimum atomic E-state index is -0.455. The lowest BCUT2D eigenvalue weighted by molar-refractivity contribution is -0.125. The largest absolute Gasteiger partial charge is 0.343 e. The van der Waals surface area contributed by atoms with Crippen molar-refractivity contribution in [3.8, 4) is 0 Å². The summed E-state index contributed by atoms with van der Waals surface area (Å²) in [5, 5.41) is 5.53. The van der Waals surface area contributed by atoms with Crippen LogP contribution in [0.25, 0.3) is 0 Å². The van der Waals surface area contributed by atoms with Crippen LogP contribution in [0.3, 0.4) is 0 Å². The normalized spacial score (nSPS) is 19.8. The van der Waals surface area contributed by atoms with Gasteiger partial charge in [0.25, 0.3) is 0 Å². The van der Waals surface area contributed by atoms with E-state index in [0.717, 1.165) is 15.9 Å². The Balaban J connectivity index is 2.00. The Morgan fingerprint density at radius 1 is 1.50 bits per heavy atom. The van der Waals surface area contributed by atoms with Gasteiger partial charge < -0.3 is 10.6 Å². The van der Waals surface area contributed by atoms with Gasteiger partial charge in [0, 0.05) is 28.1 Å². The van der Waals surface area contributed by atoms with Gasteiger partial charge in [-0.15, -0.1) is 0 Å². The van der Waals surface area contributed by atoms with Crippen molar-refractivity contribution in [3.63, 3.8) is 0 Å². The number of benzene rings is 1. The SMILES string of the molecule is O=C1CCSC[C@@H](C(=O)Nc2cccc(Br)c2)N1. The summed E-state index contributed by atoms with van der Waals surface area (Å²) < 4.78 is 0.902. The number of carbonyl (C=O) groups excluding carboxylic acids is 2. The monoisotopic (exact) mass is 328 g/mol. The first kappa shape index (κ1) is 13.4. The molecule has 1 aliphatic heterocycles. The Bertz CT molecular complexity index is 467. The summed E-state index contributed by atoms with van der Waals surface area (Å²) in [6.07, 6.45) is 0.478. The maximum Gasteiger partial charge on any atom is 0.247 e. The highest BCUT2D eigenvalue weighted by Crippen LogP contribution is 2.17. The summed E-state index contributed by atoms with van der Waals surface area (Å²) in [4.78, 5) is 23.4. The van der Waals surface area contributed by atoms with E-state index in [1.165, 1.54) is 0 Å².